The Morgan fingerprint density at radius 3 is 2.47 bits per heavy atom. The number of hydrogen-bond donors (Lipinski definition) is 0. The summed E-state index contributed by atoms with van der Waals surface area (Å²) in [4.78, 5) is 24.2. The fraction of sp³-hybridized carbons (Fsp3) is 0.273. The van der Waals surface area contributed by atoms with Gasteiger partial charge in [-0.2, -0.15) is 0 Å². The second kappa shape index (κ2) is 3.70. The molecule has 3 nitrogen and oxygen atoms in total. The summed E-state index contributed by atoms with van der Waals surface area (Å²) < 4.78 is 0. The van der Waals surface area contributed by atoms with E-state index in [1.165, 1.54) is 4.90 Å². The fourth-order valence-corrected chi connectivity index (χ4v) is 2.18. The highest BCUT2D eigenvalue weighted by Gasteiger charge is 2.31. The molecule has 0 radical (unpaired) electrons. The average molecular weight is 221 g/mol. The zero-order valence-corrected chi connectivity index (χ0v) is 9.43. The van der Waals surface area contributed by atoms with Crippen LogP contribution in [0.15, 0.2) is 18.2 Å². The highest BCUT2D eigenvalue weighted by Crippen LogP contribution is 2.27. The topological polar surface area (TPSA) is 37.4 Å². The van der Waals surface area contributed by atoms with Crippen LogP contribution in [-0.2, 0) is 4.79 Å². The molecular formula is C11H11NO2S. The molecule has 0 aromatic heterocycles. The van der Waals surface area contributed by atoms with Crippen molar-refractivity contribution in [2.45, 2.75) is 13.8 Å². The number of amides is 2. The van der Waals surface area contributed by atoms with Gasteiger partial charge in [0.15, 0.2) is 0 Å². The summed E-state index contributed by atoms with van der Waals surface area (Å²) in [6.45, 7) is 3.97. The number of anilines is 1. The number of thioether (sulfide) groups is 1. The molecule has 1 aliphatic rings. The van der Waals surface area contributed by atoms with Gasteiger partial charge in [0.25, 0.3) is 5.24 Å². The maximum Gasteiger partial charge on any atom is 0.293 e. The number of aryl methyl sites for hydroxylation is 2. The molecule has 1 aliphatic heterocycles. The molecule has 2 rings (SSSR count). The molecule has 0 aliphatic carbocycles. The van der Waals surface area contributed by atoms with Gasteiger partial charge in [0.1, 0.15) is 0 Å². The first-order chi connectivity index (χ1) is 7.09. The lowest BCUT2D eigenvalue weighted by atomic mass is 10.1. The number of nitrogens with zero attached hydrogens (tertiary/aromatic N) is 1. The number of carbonyl (C=O) groups is 2. The van der Waals surface area contributed by atoms with Crippen molar-refractivity contribution in [2.24, 2.45) is 0 Å². The number of carbonyl (C=O) groups excluding carboxylic acids is 2. The van der Waals surface area contributed by atoms with Crippen molar-refractivity contribution in [2.75, 3.05) is 10.7 Å². The molecule has 1 aromatic carbocycles. The van der Waals surface area contributed by atoms with Crippen molar-refractivity contribution >= 4 is 28.6 Å². The van der Waals surface area contributed by atoms with Crippen molar-refractivity contribution < 1.29 is 9.59 Å². The van der Waals surface area contributed by atoms with Gasteiger partial charge < -0.3 is 0 Å². The summed E-state index contributed by atoms with van der Waals surface area (Å²) in [5.41, 5.74) is 2.92. The maximum absolute atomic E-state index is 11.5. The van der Waals surface area contributed by atoms with Crippen LogP contribution in [0.4, 0.5) is 10.5 Å². The highest BCUT2D eigenvalue weighted by molar-refractivity contribution is 8.15. The third-order valence-corrected chi connectivity index (χ3v) is 3.32. The molecule has 1 saturated heterocycles. The first kappa shape index (κ1) is 10.2. The normalized spacial score (nSPS) is 16.3. The smallest absolute Gasteiger partial charge is 0.273 e. The van der Waals surface area contributed by atoms with E-state index in [0.717, 1.165) is 22.9 Å². The summed E-state index contributed by atoms with van der Waals surface area (Å²) in [6, 6.07) is 5.61. The molecule has 1 heterocycles. The maximum atomic E-state index is 11.5. The summed E-state index contributed by atoms with van der Waals surface area (Å²) in [7, 11) is 0. The van der Waals surface area contributed by atoms with E-state index >= 15 is 0 Å². The molecule has 1 aromatic rings. The van der Waals surface area contributed by atoms with Gasteiger partial charge in [-0.3, -0.25) is 9.59 Å². The van der Waals surface area contributed by atoms with Crippen LogP contribution in [0.25, 0.3) is 0 Å². The van der Waals surface area contributed by atoms with E-state index in [4.69, 9.17) is 0 Å². The van der Waals surface area contributed by atoms with Crippen LogP contribution in [0.3, 0.4) is 0 Å². The van der Waals surface area contributed by atoms with Crippen LogP contribution < -0.4 is 4.90 Å². The number of hydrogen-bond acceptors (Lipinski definition) is 3. The number of benzene rings is 1. The summed E-state index contributed by atoms with van der Waals surface area (Å²) >= 11 is 1.06. The zero-order chi connectivity index (χ0) is 11.0. The minimum atomic E-state index is -0.178. The molecule has 0 atom stereocenters. The Hall–Kier alpha value is -1.29. The van der Waals surface area contributed by atoms with Gasteiger partial charge in [-0.15, -0.1) is 0 Å². The summed E-state index contributed by atoms with van der Waals surface area (Å²) in [5.74, 6) is 0.124. The van der Waals surface area contributed by atoms with Crippen molar-refractivity contribution in [3.8, 4) is 0 Å². The molecule has 0 saturated carbocycles. The molecule has 15 heavy (non-hydrogen) atoms. The van der Waals surface area contributed by atoms with E-state index in [1.54, 1.807) is 0 Å². The molecule has 0 N–H and O–H groups in total. The highest BCUT2D eigenvalue weighted by atomic mass is 32.2. The van der Waals surface area contributed by atoms with E-state index in [9.17, 15) is 9.59 Å². The molecule has 0 bridgehead atoms. The minimum absolute atomic E-state index is 0.131. The van der Waals surface area contributed by atoms with E-state index in [0.29, 0.717) is 5.69 Å². The van der Waals surface area contributed by atoms with E-state index in [-0.39, 0.29) is 16.9 Å². The lowest BCUT2D eigenvalue weighted by molar-refractivity contribution is -0.115. The van der Waals surface area contributed by atoms with E-state index < -0.39 is 0 Å². The molecule has 0 spiro atoms. The predicted octanol–water partition coefficient (Wildman–Crippen LogP) is 2.50. The Labute approximate surface area is 92.5 Å². The number of rotatable bonds is 1. The Kier molecular flexibility index (Phi) is 2.52. The monoisotopic (exact) mass is 221 g/mol. The van der Waals surface area contributed by atoms with Crippen LogP contribution in [0.1, 0.15) is 11.1 Å². The summed E-state index contributed by atoms with van der Waals surface area (Å²) in [5, 5.41) is -0.178. The van der Waals surface area contributed by atoms with Crippen LogP contribution >= 0.6 is 11.8 Å². The molecule has 4 heteroatoms. The Morgan fingerprint density at radius 1 is 1.20 bits per heavy atom. The SMILES string of the molecule is Cc1ccc(N2C(=O)CSC2=O)cc1C. The Morgan fingerprint density at radius 2 is 1.93 bits per heavy atom. The van der Waals surface area contributed by atoms with Crippen molar-refractivity contribution in [1.82, 2.24) is 0 Å². The van der Waals surface area contributed by atoms with Gasteiger partial charge in [-0.05, 0) is 37.1 Å². The van der Waals surface area contributed by atoms with Crippen LogP contribution in [0, 0.1) is 13.8 Å². The molecule has 2 amide bonds. The van der Waals surface area contributed by atoms with Crippen molar-refractivity contribution in [1.29, 1.82) is 0 Å². The van der Waals surface area contributed by atoms with Gasteiger partial charge in [0.05, 0.1) is 11.4 Å². The second-order valence-corrected chi connectivity index (χ2v) is 4.48. The first-order valence-electron chi connectivity index (χ1n) is 4.66. The molecule has 1 fully saturated rings. The number of imide groups is 1. The minimum Gasteiger partial charge on any atom is -0.273 e. The van der Waals surface area contributed by atoms with Gasteiger partial charge in [-0.1, -0.05) is 17.8 Å². The lowest BCUT2D eigenvalue weighted by Gasteiger charge is -2.14. The van der Waals surface area contributed by atoms with Gasteiger partial charge in [0, 0.05) is 0 Å². The molecule has 78 valence electrons. The average Bonchev–Trinajstić information content (AvgIpc) is 2.52. The van der Waals surface area contributed by atoms with E-state index in [2.05, 4.69) is 0 Å². The fourth-order valence-electron chi connectivity index (χ4n) is 1.47. The van der Waals surface area contributed by atoms with Crippen molar-refractivity contribution in [3.05, 3.63) is 29.3 Å². The van der Waals surface area contributed by atoms with E-state index in [1.807, 2.05) is 32.0 Å². The Bertz CT molecular complexity index is 426. The predicted molar refractivity (Wildman–Crippen MR) is 61.3 cm³/mol. The van der Waals surface area contributed by atoms with Crippen LogP contribution in [0.2, 0.25) is 0 Å². The van der Waals surface area contributed by atoms with Gasteiger partial charge in [-0.25, -0.2) is 4.90 Å². The third kappa shape index (κ3) is 1.77. The third-order valence-electron chi connectivity index (χ3n) is 2.50. The lowest BCUT2D eigenvalue weighted by Crippen LogP contribution is -2.28. The standard InChI is InChI=1S/C11H11NO2S/c1-7-3-4-9(5-8(7)2)12-10(13)6-15-11(12)14/h3-5H,6H2,1-2H3. The summed E-state index contributed by atoms with van der Waals surface area (Å²) in [6.07, 6.45) is 0. The van der Waals surface area contributed by atoms with Gasteiger partial charge in [0.2, 0.25) is 5.91 Å². The largest absolute Gasteiger partial charge is 0.293 e. The molecular weight excluding hydrogens is 210 g/mol. The second-order valence-electron chi connectivity index (χ2n) is 3.55. The zero-order valence-electron chi connectivity index (χ0n) is 8.61. The van der Waals surface area contributed by atoms with Crippen LogP contribution in [0.5, 0.6) is 0 Å². The Balaban J connectivity index is 2.41. The van der Waals surface area contributed by atoms with Crippen molar-refractivity contribution in [3.63, 3.8) is 0 Å². The van der Waals surface area contributed by atoms with Crippen LogP contribution in [-0.4, -0.2) is 16.9 Å². The van der Waals surface area contributed by atoms with Gasteiger partial charge >= 0.3 is 0 Å². The molecule has 0 unspecified atom stereocenters. The quantitative estimate of drug-likeness (QED) is 0.731. The first-order valence-corrected chi connectivity index (χ1v) is 5.65.